The maximum absolute atomic E-state index is 6.48. The third kappa shape index (κ3) is 3.26. The molecule has 0 radical (unpaired) electrons. The lowest BCUT2D eigenvalue weighted by atomic mass is 9.97. The monoisotopic (exact) mass is 484 g/mol. The molecule has 5 rings (SSSR count). The van der Waals surface area contributed by atoms with Gasteiger partial charge in [-0.15, -0.1) is 11.3 Å². The topological polar surface area (TPSA) is 43.3 Å². The molecule has 2 aliphatic heterocycles. The average molecular weight is 485 g/mol. The second-order valence-electron chi connectivity index (χ2n) is 7.09. The summed E-state index contributed by atoms with van der Waals surface area (Å²) in [5.74, 6) is 2.27. The molecule has 7 heteroatoms. The summed E-state index contributed by atoms with van der Waals surface area (Å²) >= 11 is 5.43. The molecule has 3 aromatic rings. The zero-order valence-electron chi connectivity index (χ0n) is 16.7. The Hall–Kier alpha value is -2.51. The molecule has 0 N–H and O–H groups in total. The smallest absolute Gasteiger partial charge is 0.215 e. The number of para-hydroxylation sites is 1. The highest BCUT2D eigenvalue weighted by Crippen LogP contribution is 2.49. The molecule has 154 valence electrons. The second-order valence-corrected chi connectivity index (χ2v) is 8.89. The van der Waals surface area contributed by atoms with Crippen LogP contribution < -0.4 is 14.2 Å². The molecule has 0 saturated carbocycles. The van der Waals surface area contributed by atoms with Gasteiger partial charge in [0.15, 0.2) is 11.5 Å². The lowest BCUT2D eigenvalue weighted by molar-refractivity contribution is -0.0196. The summed E-state index contributed by atoms with van der Waals surface area (Å²) in [6, 6.07) is 16.5. The van der Waals surface area contributed by atoms with Crippen molar-refractivity contribution in [3.8, 4) is 17.2 Å². The van der Waals surface area contributed by atoms with E-state index >= 15 is 0 Å². The Morgan fingerprint density at radius 3 is 2.80 bits per heavy atom. The van der Waals surface area contributed by atoms with E-state index in [1.807, 2.05) is 31.2 Å². The number of rotatable bonds is 5. The van der Waals surface area contributed by atoms with Crippen molar-refractivity contribution in [3.63, 3.8) is 0 Å². The van der Waals surface area contributed by atoms with Crippen LogP contribution in [0.1, 0.15) is 41.6 Å². The number of hydrogen-bond donors (Lipinski definition) is 0. The number of thiophene rings is 1. The Balaban J connectivity index is 1.62. The number of methoxy groups -OCH3 is 1. The molecular weight excluding hydrogens is 464 g/mol. The summed E-state index contributed by atoms with van der Waals surface area (Å²) in [5.41, 5.74) is 3.21. The van der Waals surface area contributed by atoms with E-state index in [-0.39, 0.29) is 12.3 Å². The molecule has 0 unspecified atom stereocenters. The van der Waals surface area contributed by atoms with Gasteiger partial charge in [-0.3, -0.25) is 0 Å². The van der Waals surface area contributed by atoms with Crippen molar-refractivity contribution < 1.29 is 14.2 Å². The predicted octanol–water partition coefficient (Wildman–Crippen LogP) is 6.16. The van der Waals surface area contributed by atoms with Crippen molar-refractivity contribution in [3.05, 3.63) is 74.4 Å². The summed E-state index contributed by atoms with van der Waals surface area (Å²) in [6.45, 7) is 2.52. The maximum Gasteiger partial charge on any atom is 0.215 e. The molecular formula is C23H21BrN2O3S. The van der Waals surface area contributed by atoms with Gasteiger partial charge in [0, 0.05) is 22.0 Å². The number of nitrogens with zero attached hydrogens (tertiary/aromatic N) is 2. The van der Waals surface area contributed by atoms with E-state index in [1.165, 1.54) is 10.4 Å². The standard InChI is InChI=1S/C23H21BrN2O3S/c1-3-28-21-11-15(16(24)12-20(21)27-2)23-26-18(14-7-4-5-8-19(14)29-23)13-17(25-26)22-9-6-10-30-22/h4-12,18,23H,3,13H2,1-2H3/t18-,23-/m1/s1. The van der Waals surface area contributed by atoms with E-state index in [2.05, 4.69) is 50.6 Å². The summed E-state index contributed by atoms with van der Waals surface area (Å²) < 4.78 is 18.7. The van der Waals surface area contributed by atoms with Crippen molar-refractivity contribution in [2.45, 2.75) is 25.6 Å². The van der Waals surface area contributed by atoms with Crippen LogP contribution in [0.15, 0.2) is 63.5 Å². The quantitative estimate of drug-likeness (QED) is 0.434. The third-order valence-electron chi connectivity index (χ3n) is 5.35. The van der Waals surface area contributed by atoms with Crippen molar-refractivity contribution in [1.82, 2.24) is 5.01 Å². The van der Waals surface area contributed by atoms with Gasteiger partial charge in [0.25, 0.3) is 0 Å². The maximum atomic E-state index is 6.48. The molecule has 0 aliphatic carbocycles. The van der Waals surface area contributed by atoms with Gasteiger partial charge in [0.2, 0.25) is 6.23 Å². The Bertz CT molecular complexity index is 1100. The van der Waals surface area contributed by atoms with Crippen LogP contribution in [0.5, 0.6) is 17.2 Å². The van der Waals surface area contributed by atoms with Crippen molar-refractivity contribution in [2.75, 3.05) is 13.7 Å². The zero-order chi connectivity index (χ0) is 20.7. The first-order valence-corrected chi connectivity index (χ1v) is 11.5. The van der Waals surface area contributed by atoms with Crippen LogP contribution >= 0.6 is 27.3 Å². The Kier molecular flexibility index (Phi) is 5.16. The van der Waals surface area contributed by atoms with E-state index in [9.17, 15) is 0 Å². The fourth-order valence-electron chi connectivity index (χ4n) is 4.00. The van der Waals surface area contributed by atoms with E-state index in [0.717, 1.165) is 27.9 Å². The first-order valence-electron chi connectivity index (χ1n) is 9.85. The first-order chi connectivity index (χ1) is 14.7. The SMILES string of the molecule is CCOc1cc([C@H]2Oc3ccccc3[C@H]3CC(c4cccs4)=NN32)c(Br)cc1OC. The third-order valence-corrected chi connectivity index (χ3v) is 6.96. The Labute approximate surface area is 188 Å². The number of hydrogen-bond acceptors (Lipinski definition) is 6. The van der Waals surface area contributed by atoms with Gasteiger partial charge in [0.05, 0.1) is 30.3 Å². The molecule has 0 saturated heterocycles. The van der Waals surface area contributed by atoms with Gasteiger partial charge in [-0.25, -0.2) is 5.01 Å². The molecule has 2 aromatic carbocycles. The first kappa shape index (κ1) is 19.5. The molecule has 3 heterocycles. The fraction of sp³-hybridized carbons (Fsp3) is 0.261. The number of hydrazone groups is 1. The van der Waals surface area contributed by atoms with Gasteiger partial charge in [-0.05, 0) is 36.6 Å². The normalized spacial score (nSPS) is 19.6. The minimum atomic E-state index is -0.373. The fourth-order valence-corrected chi connectivity index (χ4v) is 5.24. The molecule has 0 fully saturated rings. The summed E-state index contributed by atoms with van der Waals surface area (Å²) in [4.78, 5) is 1.20. The average Bonchev–Trinajstić information content (AvgIpc) is 3.44. The highest BCUT2D eigenvalue weighted by molar-refractivity contribution is 9.10. The molecule has 2 aliphatic rings. The van der Waals surface area contributed by atoms with Crippen LogP contribution in [0, 0.1) is 0 Å². The summed E-state index contributed by atoms with van der Waals surface area (Å²) in [5, 5.41) is 9.18. The van der Waals surface area contributed by atoms with Crippen LogP contribution in [0.2, 0.25) is 0 Å². The number of ether oxygens (including phenoxy) is 3. The Morgan fingerprint density at radius 1 is 1.17 bits per heavy atom. The van der Waals surface area contributed by atoms with Crippen molar-refractivity contribution in [1.29, 1.82) is 0 Å². The van der Waals surface area contributed by atoms with E-state index in [0.29, 0.717) is 18.1 Å². The number of fused-ring (bicyclic) bond motifs is 3. The molecule has 0 amide bonds. The highest BCUT2D eigenvalue weighted by Gasteiger charge is 2.42. The van der Waals surface area contributed by atoms with Crippen LogP contribution in [0.3, 0.4) is 0 Å². The molecule has 5 nitrogen and oxygen atoms in total. The van der Waals surface area contributed by atoms with Crippen LogP contribution in [0.4, 0.5) is 0 Å². The van der Waals surface area contributed by atoms with Crippen molar-refractivity contribution >= 4 is 33.0 Å². The lowest BCUT2D eigenvalue weighted by Gasteiger charge is -2.38. The van der Waals surface area contributed by atoms with Crippen LogP contribution in [-0.4, -0.2) is 24.4 Å². The number of benzene rings is 2. The second kappa shape index (κ2) is 7.96. The van der Waals surface area contributed by atoms with Crippen LogP contribution in [0.25, 0.3) is 0 Å². The van der Waals surface area contributed by atoms with Gasteiger partial charge >= 0.3 is 0 Å². The zero-order valence-corrected chi connectivity index (χ0v) is 19.1. The minimum absolute atomic E-state index is 0.126. The predicted molar refractivity (Wildman–Crippen MR) is 122 cm³/mol. The summed E-state index contributed by atoms with van der Waals surface area (Å²) in [7, 11) is 1.64. The van der Waals surface area contributed by atoms with Gasteiger partial charge in [-0.1, -0.05) is 40.2 Å². The van der Waals surface area contributed by atoms with E-state index in [1.54, 1.807) is 18.4 Å². The van der Waals surface area contributed by atoms with Gasteiger partial charge < -0.3 is 14.2 Å². The van der Waals surface area contributed by atoms with Gasteiger partial charge in [0.1, 0.15) is 5.75 Å². The molecule has 30 heavy (non-hydrogen) atoms. The van der Waals surface area contributed by atoms with Crippen LogP contribution in [-0.2, 0) is 0 Å². The van der Waals surface area contributed by atoms with E-state index in [4.69, 9.17) is 19.3 Å². The molecule has 0 spiro atoms. The minimum Gasteiger partial charge on any atom is -0.493 e. The van der Waals surface area contributed by atoms with E-state index < -0.39 is 0 Å². The van der Waals surface area contributed by atoms with Gasteiger partial charge in [-0.2, -0.15) is 5.10 Å². The molecule has 2 atom stereocenters. The highest BCUT2D eigenvalue weighted by atomic mass is 79.9. The number of halogens is 1. The molecule has 1 aromatic heterocycles. The lowest BCUT2D eigenvalue weighted by Crippen LogP contribution is -2.34. The van der Waals surface area contributed by atoms with Crippen molar-refractivity contribution in [2.24, 2.45) is 5.10 Å². The Morgan fingerprint density at radius 2 is 2.03 bits per heavy atom. The largest absolute Gasteiger partial charge is 0.493 e. The summed E-state index contributed by atoms with van der Waals surface area (Å²) in [6.07, 6.45) is 0.477. The molecule has 0 bridgehead atoms.